The number of rotatable bonds is 6. The van der Waals surface area contributed by atoms with Crippen molar-refractivity contribution in [3.8, 4) is 22.6 Å². The SMILES string of the molecule is COc1cc(C(=O)Nc2ccc3c(c2)Cc2ccccc2-3)ccc1OCC(N)=O. The van der Waals surface area contributed by atoms with Gasteiger partial charge in [-0.2, -0.15) is 0 Å². The van der Waals surface area contributed by atoms with Crippen LogP contribution in [0.1, 0.15) is 21.5 Å². The normalized spacial score (nSPS) is 11.3. The minimum atomic E-state index is -0.590. The summed E-state index contributed by atoms with van der Waals surface area (Å²) in [5.41, 5.74) is 11.2. The van der Waals surface area contributed by atoms with Gasteiger partial charge in [0, 0.05) is 11.3 Å². The Kier molecular flexibility index (Phi) is 4.91. The van der Waals surface area contributed by atoms with E-state index in [1.165, 1.54) is 29.4 Å². The number of methoxy groups -OCH3 is 1. The van der Waals surface area contributed by atoms with Gasteiger partial charge in [0.2, 0.25) is 0 Å². The average Bonchev–Trinajstić information content (AvgIpc) is 3.09. The minimum Gasteiger partial charge on any atom is -0.493 e. The lowest BCUT2D eigenvalue weighted by atomic mass is 10.1. The van der Waals surface area contributed by atoms with E-state index in [4.69, 9.17) is 15.2 Å². The summed E-state index contributed by atoms with van der Waals surface area (Å²) in [5.74, 6) is -0.158. The molecule has 2 amide bonds. The third-order valence-corrected chi connectivity index (χ3v) is 4.85. The maximum Gasteiger partial charge on any atom is 0.255 e. The van der Waals surface area contributed by atoms with E-state index in [9.17, 15) is 9.59 Å². The lowest BCUT2D eigenvalue weighted by Gasteiger charge is -2.12. The van der Waals surface area contributed by atoms with Crippen LogP contribution in [-0.4, -0.2) is 25.5 Å². The third-order valence-electron chi connectivity index (χ3n) is 4.85. The summed E-state index contributed by atoms with van der Waals surface area (Å²) in [7, 11) is 1.46. The van der Waals surface area contributed by atoms with Crippen LogP contribution < -0.4 is 20.5 Å². The van der Waals surface area contributed by atoms with E-state index in [2.05, 4.69) is 17.4 Å². The van der Waals surface area contributed by atoms with Crippen molar-refractivity contribution in [1.29, 1.82) is 0 Å². The van der Waals surface area contributed by atoms with E-state index in [-0.39, 0.29) is 12.5 Å². The van der Waals surface area contributed by atoms with Crippen LogP contribution in [0.25, 0.3) is 11.1 Å². The van der Waals surface area contributed by atoms with Crippen LogP contribution in [-0.2, 0) is 11.2 Å². The van der Waals surface area contributed by atoms with Gasteiger partial charge < -0.3 is 20.5 Å². The summed E-state index contributed by atoms with van der Waals surface area (Å²) in [4.78, 5) is 23.6. The zero-order valence-electron chi connectivity index (χ0n) is 15.9. The van der Waals surface area contributed by atoms with Crippen molar-refractivity contribution in [2.45, 2.75) is 6.42 Å². The zero-order chi connectivity index (χ0) is 20.4. The van der Waals surface area contributed by atoms with Crippen molar-refractivity contribution < 1.29 is 19.1 Å². The monoisotopic (exact) mass is 388 g/mol. The van der Waals surface area contributed by atoms with Crippen LogP contribution in [0.5, 0.6) is 11.5 Å². The number of hydrogen-bond acceptors (Lipinski definition) is 4. The minimum absolute atomic E-state index is 0.264. The lowest BCUT2D eigenvalue weighted by molar-refractivity contribution is -0.119. The van der Waals surface area contributed by atoms with E-state index in [1.807, 2.05) is 30.3 Å². The molecule has 3 aromatic rings. The van der Waals surface area contributed by atoms with Crippen LogP contribution in [0, 0.1) is 0 Å². The van der Waals surface area contributed by atoms with Gasteiger partial charge in [-0.3, -0.25) is 9.59 Å². The molecule has 1 aliphatic carbocycles. The summed E-state index contributed by atoms with van der Waals surface area (Å²) >= 11 is 0. The molecule has 6 heteroatoms. The van der Waals surface area contributed by atoms with Gasteiger partial charge >= 0.3 is 0 Å². The van der Waals surface area contributed by atoms with E-state index in [0.29, 0.717) is 17.1 Å². The fourth-order valence-electron chi connectivity index (χ4n) is 3.50. The van der Waals surface area contributed by atoms with Gasteiger partial charge in [0.1, 0.15) is 0 Å². The van der Waals surface area contributed by atoms with E-state index in [1.54, 1.807) is 18.2 Å². The summed E-state index contributed by atoms with van der Waals surface area (Å²) in [5, 5.41) is 2.93. The molecule has 0 aliphatic heterocycles. The molecule has 0 radical (unpaired) electrons. The first kappa shape index (κ1) is 18.6. The number of carbonyl (C=O) groups excluding carboxylic acids is 2. The van der Waals surface area contributed by atoms with E-state index >= 15 is 0 Å². The standard InChI is InChI=1S/C23H20N2O4/c1-28-21-12-15(6-9-20(21)29-13-22(24)26)23(27)25-17-7-8-19-16(11-17)10-14-4-2-3-5-18(14)19/h2-9,11-12H,10,13H2,1H3,(H2,24,26)(H,25,27). The molecule has 1 aliphatic rings. The predicted molar refractivity (Wildman–Crippen MR) is 110 cm³/mol. The lowest BCUT2D eigenvalue weighted by Crippen LogP contribution is -2.20. The quantitative estimate of drug-likeness (QED) is 0.530. The Morgan fingerprint density at radius 2 is 1.76 bits per heavy atom. The van der Waals surface area contributed by atoms with Crippen LogP contribution in [0.3, 0.4) is 0 Å². The number of nitrogens with one attached hydrogen (secondary N) is 1. The van der Waals surface area contributed by atoms with Gasteiger partial charge in [-0.15, -0.1) is 0 Å². The van der Waals surface area contributed by atoms with Crippen LogP contribution >= 0.6 is 0 Å². The largest absolute Gasteiger partial charge is 0.493 e. The molecular weight excluding hydrogens is 368 g/mol. The van der Waals surface area contributed by atoms with Crippen molar-refractivity contribution in [1.82, 2.24) is 0 Å². The third kappa shape index (κ3) is 3.78. The predicted octanol–water partition coefficient (Wildman–Crippen LogP) is 3.38. The zero-order valence-corrected chi connectivity index (χ0v) is 15.9. The molecule has 0 fully saturated rings. The second kappa shape index (κ2) is 7.67. The number of benzene rings is 3. The van der Waals surface area contributed by atoms with Crippen molar-refractivity contribution >= 4 is 17.5 Å². The highest BCUT2D eigenvalue weighted by atomic mass is 16.5. The highest BCUT2D eigenvalue weighted by Crippen LogP contribution is 2.37. The first-order valence-electron chi connectivity index (χ1n) is 9.17. The number of nitrogens with two attached hydrogens (primary N) is 1. The van der Waals surface area contributed by atoms with Gasteiger partial charge in [-0.05, 0) is 59.0 Å². The number of hydrogen-bond donors (Lipinski definition) is 2. The van der Waals surface area contributed by atoms with Crippen molar-refractivity contribution in [3.63, 3.8) is 0 Å². The second-order valence-corrected chi connectivity index (χ2v) is 6.78. The summed E-state index contributed by atoms with van der Waals surface area (Å²) in [6.07, 6.45) is 0.856. The molecule has 0 bridgehead atoms. The van der Waals surface area contributed by atoms with Crippen molar-refractivity contribution in [2.24, 2.45) is 5.73 Å². The van der Waals surface area contributed by atoms with Crippen LogP contribution in [0.15, 0.2) is 60.7 Å². The van der Waals surface area contributed by atoms with E-state index in [0.717, 1.165) is 12.1 Å². The summed E-state index contributed by atoms with van der Waals surface area (Å²) < 4.78 is 10.6. The molecule has 6 nitrogen and oxygen atoms in total. The molecule has 0 saturated heterocycles. The Morgan fingerprint density at radius 1 is 0.966 bits per heavy atom. The van der Waals surface area contributed by atoms with Gasteiger partial charge in [0.15, 0.2) is 18.1 Å². The summed E-state index contributed by atoms with van der Waals surface area (Å²) in [6, 6.07) is 19.0. The molecule has 29 heavy (non-hydrogen) atoms. The Bertz CT molecular complexity index is 1110. The Hall–Kier alpha value is -3.80. The number of ether oxygens (including phenoxy) is 2. The van der Waals surface area contributed by atoms with Gasteiger partial charge in [-0.25, -0.2) is 0 Å². The molecule has 0 saturated carbocycles. The molecule has 0 atom stereocenters. The number of amides is 2. The molecular formula is C23H20N2O4. The Morgan fingerprint density at radius 3 is 2.55 bits per heavy atom. The first-order valence-corrected chi connectivity index (χ1v) is 9.17. The van der Waals surface area contributed by atoms with Crippen molar-refractivity contribution in [2.75, 3.05) is 19.0 Å². The second-order valence-electron chi connectivity index (χ2n) is 6.78. The smallest absolute Gasteiger partial charge is 0.255 e. The molecule has 146 valence electrons. The molecule has 0 aromatic heterocycles. The fraction of sp³-hybridized carbons (Fsp3) is 0.130. The van der Waals surface area contributed by atoms with Gasteiger partial charge in [0.05, 0.1) is 7.11 Å². The number of primary amides is 1. The molecule has 0 spiro atoms. The topological polar surface area (TPSA) is 90.7 Å². The van der Waals surface area contributed by atoms with Gasteiger partial charge in [-0.1, -0.05) is 30.3 Å². The number of fused-ring (bicyclic) bond motifs is 3. The molecule has 0 unspecified atom stereocenters. The van der Waals surface area contributed by atoms with Crippen LogP contribution in [0.4, 0.5) is 5.69 Å². The maximum absolute atomic E-state index is 12.7. The highest BCUT2D eigenvalue weighted by Gasteiger charge is 2.19. The van der Waals surface area contributed by atoms with E-state index < -0.39 is 5.91 Å². The fourth-order valence-corrected chi connectivity index (χ4v) is 3.50. The Labute approximate surface area is 168 Å². The molecule has 0 heterocycles. The van der Waals surface area contributed by atoms with Crippen LogP contribution in [0.2, 0.25) is 0 Å². The highest BCUT2D eigenvalue weighted by molar-refractivity contribution is 6.05. The summed E-state index contributed by atoms with van der Waals surface area (Å²) in [6.45, 7) is -0.264. The first-order chi connectivity index (χ1) is 14.0. The average molecular weight is 388 g/mol. The molecule has 3 N–H and O–H groups in total. The maximum atomic E-state index is 12.7. The van der Waals surface area contributed by atoms with Gasteiger partial charge in [0.25, 0.3) is 11.8 Å². The number of carbonyl (C=O) groups is 2. The molecule has 4 rings (SSSR count). The number of anilines is 1. The van der Waals surface area contributed by atoms with Crippen molar-refractivity contribution in [3.05, 3.63) is 77.4 Å². The Balaban J connectivity index is 1.51. The molecule has 3 aromatic carbocycles.